The maximum Gasteiger partial charge on any atom is 0.254 e. The zero-order valence-electron chi connectivity index (χ0n) is 12.7. The molecule has 1 aliphatic heterocycles. The Morgan fingerprint density at radius 1 is 1.35 bits per heavy atom. The second kappa shape index (κ2) is 6.25. The van der Waals surface area contributed by atoms with Gasteiger partial charge in [0.2, 0.25) is 0 Å². The van der Waals surface area contributed by atoms with E-state index in [1.165, 1.54) is 6.42 Å². The molecule has 0 bridgehead atoms. The van der Waals surface area contributed by atoms with Crippen molar-refractivity contribution in [2.75, 3.05) is 18.8 Å². The van der Waals surface area contributed by atoms with E-state index in [1.807, 2.05) is 11.0 Å². The first-order chi connectivity index (χ1) is 9.49. The maximum atomic E-state index is 12.6. The van der Waals surface area contributed by atoms with Crippen LogP contribution in [0.25, 0.3) is 0 Å². The first kappa shape index (κ1) is 14.8. The first-order valence-corrected chi connectivity index (χ1v) is 7.55. The van der Waals surface area contributed by atoms with Crippen molar-refractivity contribution in [2.45, 2.75) is 40.0 Å². The summed E-state index contributed by atoms with van der Waals surface area (Å²) < 4.78 is 0. The number of nitrogens with zero attached hydrogens (tertiary/aromatic N) is 2. The van der Waals surface area contributed by atoms with Crippen molar-refractivity contribution in [2.24, 2.45) is 11.8 Å². The molecule has 1 aromatic heterocycles. The number of anilines is 1. The molecule has 20 heavy (non-hydrogen) atoms. The van der Waals surface area contributed by atoms with Gasteiger partial charge >= 0.3 is 0 Å². The van der Waals surface area contributed by atoms with Gasteiger partial charge in [0.1, 0.15) is 5.82 Å². The summed E-state index contributed by atoms with van der Waals surface area (Å²) in [6, 6.07) is 3.59. The highest BCUT2D eigenvalue weighted by Gasteiger charge is 2.26. The minimum Gasteiger partial charge on any atom is -0.384 e. The van der Waals surface area contributed by atoms with E-state index in [2.05, 4.69) is 25.8 Å². The highest BCUT2D eigenvalue weighted by atomic mass is 16.2. The van der Waals surface area contributed by atoms with Crippen molar-refractivity contribution < 1.29 is 4.79 Å². The van der Waals surface area contributed by atoms with E-state index in [-0.39, 0.29) is 5.91 Å². The molecule has 2 rings (SSSR count). The number of carbonyl (C=O) groups excluding carboxylic acids is 1. The third kappa shape index (κ3) is 3.50. The van der Waals surface area contributed by atoms with Crippen LogP contribution in [0.2, 0.25) is 0 Å². The van der Waals surface area contributed by atoms with E-state index in [4.69, 9.17) is 5.73 Å². The molecule has 0 radical (unpaired) electrons. The predicted molar refractivity (Wildman–Crippen MR) is 81.5 cm³/mol. The van der Waals surface area contributed by atoms with E-state index >= 15 is 0 Å². The number of amides is 1. The number of hydrogen-bond acceptors (Lipinski definition) is 3. The lowest BCUT2D eigenvalue weighted by atomic mass is 9.91. The summed E-state index contributed by atoms with van der Waals surface area (Å²) in [7, 11) is 0. The first-order valence-electron chi connectivity index (χ1n) is 7.55. The van der Waals surface area contributed by atoms with Crippen molar-refractivity contribution in [1.29, 1.82) is 0 Å². The Bertz CT molecular complexity index is 477. The number of aromatic nitrogens is 1. The Balaban J connectivity index is 2.19. The quantitative estimate of drug-likeness (QED) is 0.922. The minimum atomic E-state index is 0.0925. The van der Waals surface area contributed by atoms with Crippen LogP contribution in [0, 0.1) is 11.8 Å². The Morgan fingerprint density at radius 2 is 2.00 bits per heavy atom. The van der Waals surface area contributed by atoms with Crippen LogP contribution in [0.5, 0.6) is 0 Å². The fourth-order valence-electron chi connectivity index (χ4n) is 3.13. The van der Waals surface area contributed by atoms with Crippen LogP contribution in [0.4, 0.5) is 5.82 Å². The van der Waals surface area contributed by atoms with Gasteiger partial charge in [-0.15, -0.1) is 0 Å². The molecule has 0 saturated carbocycles. The number of carbonyl (C=O) groups is 1. The summed E-state index contributed by atoms with van der Waals surface area (Å²) in [5, 5.41) is 0. The zero-order chi connectivity index (χ0) is 14.7. The Labute approximate surface area is 121 Å². The topological polar surface area (TPSA) is 59.2 Å². The van der Waals surface area contributed by atoms with Gasteiger partial charge in [-0.1, -0.05) is 27.2 Å². The smallest absolute Gasteiger partial charge is 0.254 e. The van der Waals surface area contributed by atoms with Crippen LogP contribution < -0.4 is 5.73 Å². The molecule has 2 heterocycles. The molecule has 110 valence electrons. The van der Waals surface area contributed by atoms with Crippen molar-refractivity contribution in [1.82, 2.24) is 9.88 Å². The van der Waals surface area contributed by atoms with E-state index in [0.29, 0.717) is 23.2 Å². The van der Waals surface area contributed by atoms with Crippen LogP contribution in [-0.4, -0.2) is 28.9 Å². The SMILES string of the molecule is CCCc1cc(C(=O)N2CC(C)CC(C)C2)cc(N)n1. The molecule has 1 aliphatic rings. The van der Waals surface area contributed by atoms with Gasteiger partial charge in [0.15, 0.2) is 0 Å². The lowest BCUT2D eigenvalue weighted by Crippen LogP contribution is -2.42. The van der Waals surface area contributed by atoms with Gasteiger partial charge in [-0.05, 0) is 36.8 Å². The Hall–Kier alpha value is -1.58. The highest BCUT2D eigenvalue weighted by molar-refractivity contribution is 5.95. The van der Waals surface area contributed by atoms with E-state index in [9.17, 15) is 4.79 Å². The van der Waals surface area contributed by atoms with Gasteiger partial charge in [0.05, 0.1) is 0 Å². The Morgan fingerprint density at radius 3 is 2.60 bits per heavy atom. The van der Waals surface area contributed by atoms with Crippen molar-refractivity contribution in [3.8, 4) is 0 Å². The molecule has 1 amide bonds. The number of pyridine rings is 1. The summed E-state index contributed by atoms with van der Waals surface area (Å²) in [6.07, 6.45) is 3.06. The van der Waals surface area contributed by atoms with E-state index in [1.54, 1.807) is 6.07 Å². The molecule has 2 atom stereocenters. The number of aryl methyl sites for hydroxylation is 1. The van der Waals surface area contributed by atoms with Crippen LogP contribution in [0.1, 0.15) is 49.7 Å². The second-order valence-electron chi connectivity index (χ2n) is 6.18. The standard InChI is InChI=1S/C16H25N3O/c1-4-5-14-7-13(8-15(17)18-14)16(20)19-9-11(2)6-12(3)10-19/h7-8,11-12H,4-6,9-10H2,1-3H3,(H2,17,18). The molecular formula is C16H25N3O. The van der Waals surface area contributed by atoms with Gasteiger partial charge in [-0.3, -0.25) is 4.79 Å². The van der Waals surface area contributed by atoms with E-state index in [0.717, 1.165) is 31.6 Å². The number of piperidine rings is 1. The van der Waals surface area contributed by atoms with Crippen LogP contribution in [0.3, 0.4) is 0 Å². The fraction of sp³-hybridized carbons (Fsp3) is 0.625. The highest BCUT2D eigenvalue weighted by Crippen LogP contribution is 2.23. The van der Waals surface area contributed by atoms with Gasteiger partial charge in [-0.2, -0.15) is 0 Å². The zero-order valence-corrected chi connectivity index (χ0v) is 12.7. The lowest BCUT2D eigenvalue weighted by molar-refractivity contribution is 0.0623. The largest absolute Gasteiger partial charge is 0.384 e. The maximum absolute atomic E-state index is 12.6. The lowest BCUT2D eigenvalue weighted by Gasteiger charge is -2.35. The molecule has 4 nitrogen and oxygen atoms in total. The molecule has 2 unspecified atom stereocenters. The predicted octanol–water partition coefficient (Wildman–Crippen LogP) is 2.73. The number of hydrogen-bond donors (Lipinski definition) is 1. The molecule has 1 aromatic rings. The van der Waals surface area contributed by atoms with Crippen LogP contribution >= 0.6 is 0 Å². The second-order valence-corrected chi connectivity index (χ2v) is 6.18. The summed E-state index contributed by atoms with van der Waals surface area (Å²) in [4.78, 5) is 18.9. The summed E-state index contributed by atoms with van der Waals surface area (Å²) in [5.41, 5.74) is 7.42. The molecule has 1 saturated heterocycles. The van der Waals surface area contributed by atoms with Crippen molar-refractivity contribution in [3.63, 3.8) is 0 Å². The van der Waals surface area contributed by atoms with Crippen LogP contribution in [-0.2, 0) is 6.42 Å². The average Bonchev–Trinajstić information content (AvgIpc) is 2.36. The molecule has 1 fully saturated rings. The molecule has 0 spiro atoms. The van der Waals surface area contributed by atoms with Gasteiger partial charge in [0.25, 0.3) is 5.91 Å². The molecule has 4 heteroatoms. The molecule has 0 aliphatic carbocycles. The fourth-order valence-corrected chi connectivity index (χ4v) is 3.13. The molecular weight excluding hydrogens is 250 g/mol. The monoisotopic (exact) mass is 275 g/mol. The minimum absolute atomic E-state index is 0.0925. The third-order valence-corrected chi connectivity index (χ3v) is 3.81. The number of likely N-dealkylation sites (tertiary alicyclic amines) is 1. The summed E-state index contributed by atoms with van der Waals surface area (Å²) >= 11 is 0. The molecule has 2 N–H and O–H groups in total. The third-order valence-electron chi connectivity index (χ3n) is 3.81. The van der Waals surface area contributed by atoms with Crippen LogP contribution in [0.15, 0.2) is 12.1 Å². The van der Waals surface area contributed by atoms with Gasteiger partial charge < -0.3 is 10.6 Å². The number of rotatable bonds is 3. The van der Waals surface area contributed by atoms with E-state index < -0.39 is 0 Å². The average molecular weight is 275 g/mol. The summed E-state index contributed by atoms with van der Waals surface area (Å²) in [6.45, 7) is 8.20. The molecule has 0 aromatic carbocycles. The summed E-state index contributed by atoms with van der Waals surface area (Å²) in [5.74, 6) is 1.67. The Kier molecular flexibility index (Phi) is 4.63. The number of nitrogens with two attached hydrogens (primary N) is 1. The normalized spacial score (nSPS) is 22.9. The van der Waals surface area contributed by atoms with Gasteiger partial charge in [-0.25, -0.2) is 4.98 Å². The van der Waals surface area contributed by atoms with Gasteiger partial charge in [0, 0.05) is 24.3 Å². The van der Waals surface area contributed by atoms with Crippen molar-refractivity contribution >= 4 is 11.7 Å². The van der Waals surface area contributed by atoms with Crippen molar-refractivity contribution in [3.05, 3.63) is 23.4 Å². The number of nitrogen functional groups attached to an aromatic ring is 1.